The molecular weight excluding hydrogens is 268 g/mol. The van der Waals surface area contributed by atoms with E-state index in [0.29, 0.717) is 12.2 Å². The molecule has 0 aromatic rings. The molecule has 0 saturated carbocycles. The van der Waals surface area contributed by atoms with Crippen LogP contribution >= 0.6 is 11.6 Å². The van der Waals surface area contributed by atoms with Crippen molar-refractivity contribution >= 4 is 23.5 Å². The largest absolute Gasteiger partial charge is 0.466 e. The number of hydrogen-bond acceptors (Lipinski definition) is 4. The fraction of sp³-hybridized carbons (Fsp3) is 0.429. The van der Waals surface area contributed by atoms with Crippen LogP contribution in [0.3, 0.4) is 0 Å². The average Bonchev–Trinajstić information content (AvgIpc) is 2.39. The molecule has 0 amide bonds. The molecular formula is C14H23ClO4. The van der Waals surface area contributed by atoms with Gasteiger partial charge in [-0.1, -0.05) is 44.7 Å². The lowest BCUT2D eigenvalue weighted by molar-refractivity contribution is -0.138. The van der Waals surface area contributed by atoms with Crippen molar-refractivity contribution in [3.8, 4) is 0 Å². The standard InChI is InChI=1S/C7H12O2.C5H8O2.C2H3Cl/c1-3-5-6-9-7(8)4-2;1-4(2)5(6)7-3;1-2-3/h4H,2-3,5-6H2,1H3;1H2,2-3H3;2H,1H2. The molecule has 0 heterocycles. The molecule has 0 rings (SSSR count). The summed E-state index contributed by atoms with van der Waals surface area (Å²) in [4.78, 5) is 20.5. The lowest BCUT2D eigenvalue weighted by Crippen LogP contribution is -2.00. The number of rotatable bonds is 5. The van der Waals surface area contributed by atoms with E-state index >= 15 is 0 Å². The number of carbonyl (C=O) groups is 2. The molecule has 0 spiro atoms. The van der Waals surface area contributed by atoms with Gasteiger partial charge in [0.1, 0.15) is 0 Å². The van der Waals surface area contributed by atoms with E-state index in [9.17, 15) is 9.59 Å². The van der Waals surface area contributed by atoms with Crippen LogP contribution in [-0.4, -0.2) is 25.7 Å². The highest BCUT2D eigenvalue weighted by molar-refractivity contribution is 6.25. The minimum absolute atomic E-state index is 0.330. The van der Waals surface area contributed by atoms with Crippen molar-refractivity contribution in [1.29, 1.82) is 0 Å². The summed E-state index contributed by atoms with van der Waals surface area (Å²) in [5, 5.41) is 0. The maximum atomic E-state index is 10.3. The Hall–Kier alpha value is -1.55. The molecule has 0 bridgehead atoms. The second-order valence-electron chi connectivity index (χ2n) is 3.15. The Morgan fingerprint density at radius 2 is 1.79 bits per heavy atom. The van der Waals surface area contributed by atoms with E-state index in [-0.39, 0.29) is 11.9 Å². The minimum Gasteiger partial charge on any atom is -0.466 e. The van der Waals surface area contributed by atoms with Gasteiger partial charge >= 0.3 is 11.9 Å². The van der Waals surface area contributed by atoms with E-state index in [1.807, 2.05) is 6.92 Å². The number of ether oxygens (including phenoxy) is 2. The van der Waals surface area contributed by atoms with E-state index in [1.165, 1.54) is 18.7 Å². The van der Waals surface area contributed by atoms with Crippen molar-refractivity contribution in [3.63, 3.8) is 0 Å². The van der Waals surface area contributed by atoms with Crippen LogP contribution in [0.25, 0.3) is 0 Å². The van der Waals surface area contributed by atoms with Gasteiger partial charge in [0, 0.05) is 11.6 Å². The molecule has 0 aliphatic heterocycles. The van der Waals surface area contributed by atoms with Gasteiger partial charge in [-0.2, -0.15) is 0 Å². The minimum atomic E-state index is -0.347. The second-order valence-corrected chi connectivity index (χ2v) is 3.46. The van der Waals surface area contributed by atoms with Crippen molar-refractivity contribution in [2.75, 3.05) is 13.7 Å². The highest BCUT2D eigenvalue weighted by Crippen LogP contribution is 1.88. The van der Waals surface area contributed by atoms with Crippen LogP contribution in [-0.2, 0) is 19.1 Å². The molecule has 0 N–H and O–H groups in total. The van der Waals surface area contributed by atoms with Gasteiger partial charge in [-0.15, -0.1) is 0 Å². The molecule has 0 saturated heterocycles. The van der Waals surface area contributed by atoms with Gasteiger partial charge in [0.25, 0.3) is 0 Å². The first-order chi connectivity index (χ1) is 8.90. The summed E-state index contributed by atoms with van der Waals surface area (Å²) in [6.45, 7) is 13.9. The molecule has 0 atom stereocenters. The van der Waals surface area contributed by atoms with Crippen molar-refractivity contribution in [3.05, 3.63) is 36.9 Å². The fourth-order valence-electron chi connectivity index (χ4n) is 0.550. The first-order valence-electron chi connectivity index (χ1n) is 5.65. The first-order valence-corrected chi connectivity index (χ1v) is 6.08. The molecule has 0 aromatic heterocycles. The van der Waals surface area contributed by atoms with Gasteiger partial charge in [0.15, 0.2) is 0 Å². The van der Waals surface area contributed by atoms with Crippen LogP contribution in [0.4, 0.5) is 0 Å². The van der Waals surface area contributed by atoms with E-state index in [4.69, 9.17) is 11.6 Å². The summed E-state index contributed by atoms with van der Waals surface area (Å²) in [6, 6.07) is 0. The Morgan fingerprint density at radius 3 is 2.00 bits per heavy atom. The maximum absolute atomic E-state index is 10.3. The lowest BCUT2D eigenvalue weighted by atomic mass is 10.4. The van der Waals surface area contributed by atoms with Gasteiger partial charge in [0.2, 0.25) is 0 Å². The number of methoxy groups -OCH3 is 1. The Bertz CT molecular complexity index is 285. The zero-order chi connectivity index (χ0) is 15.7. The maximum Gasteiger partial charge on any atom is 0.332 e. The topological polar surface area (TPSA) is 52.6 Å². The summed E-state index contributed by atoms with van der Waals surface area (Å²) in [6.07, 6.45) is 3.15. The summed E-state index contributed by atoms with van der Waals surface area (Å²) in [5.74, 6) is -0.677. The summed E-state index contributed by atoms with van der Waals surface area (Å²) < 4.78 is 8.95. The van der Waals surface area contributed by atoms with Crippen LogP contribution in [0.1, 0.15) is 26.7 Å². The third kappa shape index (κ3) is 26.2. The van der Waals surface area contributed by atoms with Crippen LogP contribution in [0.5, 0.6) is 0 Å². The third-order valence-corrected chi connectivity index (χ3v) is 1.44. The lowest BCUT2D eigenvalue weighted by Gasteiger charge is -1.97. The molecule has 110 valence electrons. The fourth-order valence-corrected chi connectivity index (χ4v) is 0.550. The molecule has 4 nitrogen and oxygen atoms in total. The van der Waals surface area contributed by atoms with Crippen molar-refractivity contribution in [2.24, 2.45) is 0 Å². The van der Waals surface area contributed by atoms with E-state index in [0.717, 1.165) is 12.8 Å². The molecule has 0 aliphatic rings. The summed E-state index contributed by atoms with van der Waals surface area (Å²) in [7, 11) is 1.33. The number of esters is 2. The highest BCUT2D eigenvalue weighted by atomic mass is 35.5. The Labute approximate surface area is 120 Å². The van der Waals surface area contributed by atoms with E-state index in [2.05, 4.69) is 29.2 Å². The summed E-state index contributed by atoms with van der Waals surface area (Å²) in [5.41, 5.74) is 1.66. The zero-order valence-electron chi connectivity index (χ0n) is 11.9. The third-order valence-electron chi connectivity index (χ3n) is 1.44. The van der Waals surface area contributed by atoms with Gasteiger partial charge in [0.05, 0.1) is 13.7 Å². The smallest absolute Gasteiger partial charge is 0.332 e. The van der Waals surface area contributed by atoms with E-state index < -0.39 is 0 Å². The van der Waals surface area contributed by atoms with Crippen LogP contribution in [0.2, 0.25) is 0 Å². The van der Waals surface area contributed by atoms with Crippen LogP contribution < -0.4 is 0 Å². The molecule has 0 aliphatic carbocycles. The molecule has 0 aromatic carbocycles. The Morgan fingerprint density at radius 1 is 1.32 bits per heavy atom. The Balaban J connectivity index is -0.000000228. The SMILES string of the molecule is C=C(C)C(=O)OC.C=CC(=O)OCCCC.C=CCl. The number of carbonyl (C=O) groups excluding carboxylic acids is 2. The normalized spacial score (nSPS) is 7.58. The van der Waals surface area contributed by atoms with Gasteiger partial charge < -0.3 is 9.47 Å². The predicted octanol–water partition coefficient (Wildman–Crippen LogP) is 3.62. The number of halogens is 1. The average molecular weight is 291 g/mol. The van der Waals surface area contributed by atoms with Gasteiger partial charge in [-0.3, -0.25) is 0 Å². The molecule has 19 heavy (non-hydrogen) atoms. The summed E-state index contributed by atoms with van der Waals surface area (Å²) >= 11 is 4.76. The number of hydrogen-bond donors (Lipinski definition) is 0. The second kappa shape index (κ2) is 18.8. The first kappa shape index (κ1) is 22.6. The van der Waals surface area contributed by atoms with Crippen molar-refractivity contribution in [2.45, 2.75) is 26.7 Å². The molecule has 5 heteroatoms. The Kier molecular flexibility index (Phi) is 22.4. The number of unbranched alkanes of at least 4 members (excludes halogenated alkanes) is 1. The molecule has 0 radical (unpaired) electrons. The van der Waals surface area contributed by atoms with E-state index in [1.54, 1.807) is 6.92 Å². The molecule has 0 fully saturated rings. The highest BCUT2D eigenvalue weighted by Gasteiger charge is 1.95. The monoisotopic (exact) mass is 290 g/mol. The van der Waals surface area contributed by atoms with Gasteiger partial charge in [-0.05, 0) is 18.9 Å². The van der Waals surface area contributed by atoms with Crippen LogP contribution in [0.15, 0.2) is 36.9 Å². The van der Waals surface area contributed by atoms with Crippen molar-refractivity contribution in [1.82, 2.24) is 0 Å². The quantitative estimate of drug-likeness (QED) is 0.441. The van der Waals surface area contributed by atoms with Crippen LogP contribution in [0, 0.1) is 0 Å². The zero-order valence-corrected chi connectivity index (χ0v) is 12.7. The predicted molar refractivity (Wildman–Crippen MR) is 78.9 cm³/mol. The molecule has 0 unspecified atom stereocenters. The van der Waals surface area contributed by atoms with Gasteiger partial charge in [-0.25, -0.2) is 9.59 Å². The van der Waals surface area contributed by atoms with Crippen molar-refractivity contribution < 1.29 is 19.1 Å².